The third-order valence-electron chi connectivity index (χ3n) is 4.75. The Morgan fingerprint density at radius 1 is 0.969 bits per heavy atom. The van der Waals surface area contributed by atoms with Crippen LogP contribution in [0.15, 0.2) is 36.4 Å². The van der Waals surface area contributed by atoms with Crippen LogP contribution in [0.2, 0.25) is 5.02 Å². The molecule has 0 fully saturated rings. The Balaban J connectivity index is 2.11. The second-order valence-electron chi connectivity index (χ2n) is 7.09. The molecule has 0 aliphatic rings. The van der Waals surface area contributed by atoms with Gasteiger partial charge < -0.3 is 10.2 Å². The van der Waals surface area contributed by atoms with Gasteiger partial charge in [0.25, 0.3) is 0 Å². The van der Waals surface area contributed by atoms with Crippen molar-refractivity contribution in [1.29, 1.82) is 0 Å². The molecule has 0 saturated heterocycles. The zero-order valence-corrected chi connectivity index (χ0v) is 17.1. The van der Waals surface area contributed by atoms with E-state index in [0.29, 0.717) is 11.1 Å². The second kappa shape index (κ2) is 8.94. The first kappa shape index (κ1) is 23.8. The fraction of sp³-hybridized carbons (Fsp3) is 0.143. The van der Waals surface area contributed by atoms with Crippen LogP contribution in [-0.2, 0) is 23.8 Å². The summed E-state index contributed by atoms with van der Waals surface area (Å²) in [5.74, 6) is -1.56. The number of halogens is 4. The molecular weight excluding hydrogens is 439 g/mol. The van der Waals surface area contributed by atoms with Gasteiger partial charge in [0.1, 0.15) is 35.0 Å². The third-order valence-corrected chi connectivity index (χ3v) is 5.13. The van der Waals surface area contributed by atoms with Gasteiger partial charge in [0.2, 0.25) is 0 Å². The summed E-state index contributed by atoms with van der Waals surface area (Å²) in [5.41, 5.74) is -0.879. The molecule has 3 rings (SSSR count). The van der Waals surface area contributed by atoms with E-state index in [9.17, 15) is 23.1 Å². The number of hydrogen-bond donors (Lipinski definition) is 2. The molecule has 32 heavy (non-hydrogen) atoms. The van der Waals surface area contributed by atoms with E-state index in [1.165, 1.54) is 6.07 Å². The van der Waals surface area contributed by atoms with E-state index < -0.39 is 23.6 Å². The third kappa shape index (κ3) is 4.96. The number of hydrogen-bond acceptors (Lipinski definition) is 3. The standard InChI is InChI=1S/C21H12B3ClF3NO3/c22-16-15(17(23)19(25)20(32)18(16)24)12-6-11(7-13(29-12)21(26,27)28)5-9-1-3-10(4-2-9)8-14(30)31/h1-4,6-7,32H,5,8H2,(H,30,31). The molecule has 1 aromatic heterocycles. The van der Waals surface area contributed by atoms with Gasteiger partial charge in [-0.05, 0) is 40.8 Å². The smallest absolute Gasteiger partial charge is 0.433 e. The lowest BCUT2D eigenvalue weighted by Crippen LogP contribution is -2.34. The highest BCUT2D eigenvalue weighted by molar-refractivity contribution is 6.58. The molecule has 156 valence electrons. The first-order valence-electron chi connectivity index (χ1n) is 9.11. The Hall–Kier alpha value is -2.87. The van der Waals surface area contributed by atoms with Gasteiger partial charge in [0.05, 0.1) is 17.1 Å². The van der Waals surface area contributed by atoms with Crippen molar-refractivity contribution in [2.45, 2.75) is 19.0 Å². The fourth-order valence-corrected chi connectivity index (χ4v) is 3.38. The molecule has 0 saturated carbocycles. The lowest BCUT2D eigenvalue weighted by Gasteiger charge is -2.19. The lowest BCUT2D eigenvalue weighted by molar-refractivity contribution is -0.141. The quantitative estimate of drug-likeness (QED) is 0.580. The van der Waals surface area contributed by atoms with E-state index in [-0.39, 0.29) is 51.1 Å². The molecule has 0 bridgehead atoms. The molecule has 2 aromatic carbocycles. The molecule has 0 amide bonds. The van der Waals surface area contributed by atoms with E-state index >= 15 is 0 Å². The summed E-state index contributed by atoms with van der Waals surface area (Å²) >= 11 is 5.96. The predicted molar refractivity (Wildman–Crippen MR) is 118 cm³/mol. The Morgan fingerprint density at radius 2 is 1.56 bits per heavy atom. The average molecular weight is 451 g/mol. The highest BCUT2D eigenvalue weighted by Crippen LogP contribution is 2.31. The number of rotatable bonds is 5. The number of nitrogens with zero attached hydrogens (tertiary/aromatic N) is 1. The molecule has 2 N–H and O–H groups in total. The minimum atomic E-state index is -4.76. The zero-order chi connectivity index (χ0) is 23.8. The van der Waals surface area contributed by atoms with E-state index in [2.05, 4.69) is 4.98 Å². The van der Waals surface area contributed by atoms with Crippen molar-refractivity contribution in [3.8, 4) is 17.0 Å². The maximum atomic E-state index is 13.5. The normalized spacial score (nSPS) is 11.5. The number of pyridine rings is 1. The number of aromatic hydroxyl groups is 1. The molecule has 11 heteroatoms. The number of carboxylic acids is 1. The van der Waals surface area contributed by atoms with Crippen LogP contribution in [0.4, 0.5) is 13.2 Å². The zero-order valence-electron chi connectivity index (χ0n) is 16.4. The van der Waals surface area contributed by atoms with Crippen molar-refractivity contribution in [1.82, 2.24) is 4.98 Å². The first-order chi connectivity index (χ1) is 14.9. The van der Waals surface area contributed by atoms with E-state index in [1.807, 2.05) is 0 Å². The molecule has 3 aromatic rings. The molecule has 0 spiro atoms. The highest BCUT2D eigenvalue weighted by atomic mass is 35.5. The highest BCUT2D eigenvalue weighted by Gasteiger charge is 2.33. The Labute approximate surface area is 190 Å². The summed E-state index contributed by atoms with van der Waals surface area (Å²) in [6.45, 7) is 0. The summed E-state index contributed by atoms with van der Waals surface area (Å²) in [5, 5.41) is 18.4. The minimum Gasteiger partial charge on any atom is -0.507 e. The Bertz CT molecular complexity index is 1170. The van der Waals surface area contributed by atoms with Crippen molar-refractivity contribution in [2.24, 2.45) is 0 Å². The van der Waals surface area contributed by atoms with Crippen molar-refractivity contribution in [3.05, 3.63) is 63.8 Å². The summed E-state index contributed by atoms with van der Waals surface area (Å²) in [6, 6.07) is 8.70. The number of benzene rings is 2. The van der Waals surface area contributed by atoms with Crippen LogP contribution in [0.25, 0.3) is 11.3 Å². The number of aromatic nitrogens is 1. The van der Waals surface area contributed by atoms with Gasteiger partial charge in [-0.25, -0.2) is 4.98 Å². The maximum Gasteiger partial charge on any atom is 0.433 e. The lowest BCUT2D eigenvalue weighted by atomic mass is 9.71. The Morgan fingerprint density at radius 3 is 2.12 bits per heavy atom. The van der Waals surface area contributed by atoms with Crippen LogP contribution in [0.3, 0.4) is 0 Å². The monoisotopic (exact) mass is 451 g/mol. The summed E-state index contributed by atoms with van der Waals surface area (Å²) in [6.07, 6.45) is -4.83. The maximum absolute atomic E-state index is 13.5. The number of carbonyl (C=O) groups is 1. The number of phenolic OH excluding ortho intramolecular Hbond substituents is 1. The Kier molecular flexibility index (Phi) is 6.65. The van der Waals surface area contributed by atoms with Crippen molar-refractivity contribution < 1.29 is 28.2 Å². The van der Waals surface area contributed by atoms with Gasteiger partial charge in [-0.15, -0.1) is 0 Å². The summed E-state index contributed by atoms with van der Waals surface area (Å²) in [4.78, 5) is 14.5. The van der Waals surface area contributed by atoms with Crippen LogP contribution in [-0.4, -0.2) is 44.7 Å². The average Bonchev–Trinajstić information content (AvgIpc) is 2.71. The number of aliphatic carboxylic acids is 1. The predicted octanol–water partition coefficient (Wildman–Crippen LogP) is 1.73. The van der Waals surface area contributed by atoms with Crippen LogP contribution >= 0.6 is 11.6 Å². The van der Waals surface area contributed by atoms with E-state index in [0.717, 1.165) is 6.07 Å². The summed E-state index contributed by atoms with van der Waals surface area (Å²) in [7, 11) is 17.5. The van der Waals surface area contributed by atoms with Crippen molar-refractivity contribution in [3.63, 3.8) is 0 Å². The molecule has 4 nitrogen and oxygen atoms in total. The summed E-state index contributed by atoms with van der Waals surface area (Å²) < 4.78 is 40.6. The SMILES string of the molecule is [B]c1c([B])c(-c2cc(Cc3ccc(CC(=O)O)cc3)cc(C(F)(F)F)n2)c([B])c(Cl)c1O. The van der Waals surface area contributed by atoms with Crippen molar-refractivity contribution in [2.75, 3.05) is 0 Å². The van der Waals surface area contributed by atoms with Gasteiger partial charge >= 0.3 is 12.1 Å². The van der Waals surface area contributed by atoms with Gasteiger partial charge in [0, 0.05) is 0 Å². The topological polar surface area (TPSA) is 70.4 Å². The minimum absolute atomic E-state index is 0.0903. The molecule has 6 radical (unpaired) electrons. The second-order valence-corrected chi connectivity index (χ2v) is 7.46. The molecule has 0 aliphatic heterocycles. The molecule has 0 aliphatic carbocycles. The van der Waals surface area contributed by atoms with Gasteiger partial charge in [-0.3, -0.25) is 4.79 Å². The van der Waals surface area contributed by atoms with Crippen LogP contribution in [0.5, 0.6) is 5.75 Å². The van der Waals surface area contributed by atoms with E-state index in [1.54, 1.807) is 24.3 Å². The largest absolute Gasteiger partial charge is 0.507 e. The molecule has 0 atom stereocenters. The molecule has 1 heterocycles. The number of alkyl halides is 3. The number of phenols is 1. The van der Waals surface area contributed by atoms with Crippen LogP contribution in [0, 0.1) is 0 Å². The van der Waals surface area contributed by atoms with Crippen LogP contribution in [0.1, 0.15) is 22.4 Å². The number of carboxylic acid groups (broad SMARTS) is 1. The first-order valence-corrected chi connectivity index (χ1v) is 9.49. The molecular formula is C21H12B3ClF3NO3. The van der Waals surface area contributed by atoms with Gasteiger partial charge in [-0.1, -0.05) is 52.3 Å². The fourth-order valence-electron chi connectivity index (χ4n) is 3.19. The van der Waals surface area contributed by atoms with Crippen molar-refractivity contribution >= 4 is 57.5 Å². The van der Waals surface area contributed by atoms with Gasteiger partial charge in [-0.2, -0.15) is 13.2 Å². The molecule has 0 unspecified atom stereocenters. The van der Waals surface area contributed by atoms with E-state index in [4.69, 9.17) is 40.2 Å². The van der Waals surface area contributed by atoms with Crippen LogP contribution < -0.4 is 16.4 Å². The van der Waals surface area contributed by atoms with Gasteiger partial charge in [0.15, 0.2) is 0 Å².